The van der Waals surface area contributed by atoms with E-state index < -0.39 is 5.82 Å². The molecule has 0 unspecified atom stereocenters. The third-order valence-electron chi connectivity index (χ3n) is 5.90. The lowest BCUT2D eigenvalue weighted by atomic mass is 9.95. The van der Waals surface area contributed by atoms with Gasteiger partial charge in [-0.1, -0.05) is 30.3 Å². The van der Waals surface area contributed by atoms with Gasteiger partial charge < -0.3 is 15.4 Å². The Morgan fingerprint density at radius 3 is 2.73 bits per heavy atom. The molecule has 2 aliphatic rings. The van der Waals surface area contributed by atoms with E-state index in [2.05, 4.69) is 10.6 Å². The number of thiophene rings is 1. The molecule has 30 heavy (non-hydrogen) atoms. The highest BCUT2D eigenvalue weighted by molar-refractivity contribution is 7.17. The molecule has 2 bridgehead atoms. The van der Waals surface area contributed by atoms with Crippen molar-refractivity contribution in [3.63, 3.8) is 0 Å². The summed E-state index contributed by atoms with van der Waals surface area (Å²) in [5, 5.41) is 6.69. The summed E-state index contributed by atoms with van der Waals surface area (Å²) >= 11 is 1.38. The van der Waals surface area contributed by atoms with Crippen molar-refractivity contribution in [1.29, 1.82) is 0 Å². The fraction of sp³-hybridized carbons (Fsp3) is 0.292. The standard InChI is InChI=1S/C24H23FN2O2S/c25-18-12-16(6-9-21(18)29-14-15-4-2-1-3-5-15)22-10-11-23(30-22)24(28)27-20-13-17-7-8-19(20)26-17/h1-6,9-12,17,19-20,26H,7-8,13-14H2,(H,27,28)/t17-,19-,20+/m0/s1. The molecule has 6 heteroatoms. The van der Waals surface area contributed by atoms with E-state index in [4.69, 9.17) is 4.74 Å². The first-order valence-electron chi connectivity index (χ1n) is 10.3. The fourth-order valence-corrected chi connectivity index (χ4v) is 5.25. The van der Waals surface area contributed by atoms with Crippen LogP contribution in [0.3, 0.4) is 0 Å². The van der Waals surface area contributed by atoms with E-state index in [1.54, 1.807) is 6.07 Å². The number of rotatable bonds is 6. The van der Waals surface area contributed by atoms with Crippen LogP contribution in [-0.4, -0.2) is 24.0 Å². The van der Waals surface area contributed by atoms with Crippen molar-refractivity contribution in [3.8, 4) is 16.2 Å². The summed E-state index contributed by atoms with van der Waals surface area (Å²) in [6.07, 6.45) is 3.34. The summed E-state index contributed by atoms with van der Waals surface area (Å²) in [4.78, 5) is 14.2. The summed E-state index contributed by atoms with van der Waals surface area (Å²) in [7, 11) is 0. The Morgan fingerprint density at radius 2 is 2.00 bits per heavy atom. The normalized spacial score (nSPS) is 22.2. The number of hydrogen-bond donors (Lipinski definition) is 2. The van der Waals surface area contributed by atoms with Gasteiger partial charge in [0.1, 0.15) is 6.61 Å². The van der Waals surface area contributed by atoms with Crippen molar-refractivity contribution >= 4 is 17.2 Å². The zero-order chi connectivity index (χ0) is 20.5. The molecule has 0 saturated carbocycles. The summed E-state index contributed by atoms with van der Waals surface area (Å²) in [5.41, 5.74) is 1.73. The van der Waals surface area contributed by atoms with Crippen LogP contribution in [0.4, 0.5) is 4.39 Å². The monoisotopic (exact) mass is 422 g/mol. The number of ether oxygens (including phenoxy) is 1. The second-order valence-corrected chi connectivity index (χ2v) is 9.03. The van der Waals surface area contributed by atoms with Crippen LogP contribution in [-0.2, 0) is 6.61 Å². The first kappa shape index (κ1) is 19.3. The largest absolute Gasteiger partial charge is 0.486 e. The average molecular weight is 423 g/mol. The maximum atomic E-state index is 14.6. The van der Waals surface area contributed by atoms with E-state index in [0.717, 1.165) is 28.8 Å². The Bertz CT molecular complexity index is 1050. The Morgan fingerprint density at radius 1 is 1.13 bits per heavy atom. The molecule has 5 rings (SSSR count). The summed E-state index contributed by atoms with van der Waals surface area (Å²) < 4.78 is 20.2. The van der Waals surface area contributed by atoms with Crippen molar-refractivity contribution in [1.82, 2.24) is 10.6 Å². The van der Waals surface area contributed by atoms with Crippen molar-refractivity contribution < 1.29 is 13.9 Å². The third-order valence-corrected chi connectivity index (χ3v) is 7.03. The van der Waals surface area contributed by atoms with Crippen molar-refractivity contribution in [3.05, 3.63) is 76.9 Å². The molecule has 4 nitrogen and oxygen atoms in total. The molecule has 154 valence electrons. The first-order valence-corrected chi connectivity index (χ1v) is 11.1. The summed E-state index contributed by atoms with van der Waals surface area (Å²) in [6, 6.07) is 19.5. The second kappa shape index (κ2) is 8.20. The Labute approximate surface area is 179 Å². The van der Waals surface area contributed by atoms with Crippen LogP contribution in [0.5, 0.6) is 5.75 Å². The molecule has 2 N–H and O–H groups in total. The number of carbonyl (C=O) groups excluding carboxylic acids is 1. The van der Waals surface area contributed by atoms with Crippen LogP contribution in [0.25, 0.3) is 10.4 Å². The maximum Gasteiger partial charge on any atom is 0.261 e. The average Bonchev–Trinajstić information content (AvgIpc) is 3.51. The molecule has 2 aromatic carbocycles. The van der Waals surface area contributed by atoms with E-state index in [1.165, 1.54) is 23.8 Å². The van der Waals surface area contributed by atoms with Crippen LogP contribution in [0.2, 0.25) is 0 Å². The number of nitrogens with one attached hydrogen (secondary N) is 2. The SMILES string of the molecule is O=C(N[C@@H]1C[C@@H]2CC[C@@H]1N2)c1ccc(-c2ccc(OCc3ccccc3)c(F)c2)s1. The van der Waals surface area contributed by atoms with E-state index >= 15 is 0 Å². The van der Waals surface area contributed by atoms with Gasteiger partial charge in [0.15, 0.2) is 11.6 Å². The molecule has 0 spiro atoms. The van der Waals surface area contributed by atoms with Crippen molar-refractivity contribution in [2.75, 3.05) is 0 Å². The number of halogens is 1. The topological polar surface area (TPSA) is 50.4 Å². The lowest BCUT2D eigenvalue weighted by Gasteiger charge is -2.20. The van der Waals surface area contributed by atoms with Gasteiger partial charge in [-0.3, -0.25) is 4.79 Å². The predicted molar refractivity (Wildman–Crippen MR) is 116 cm³/mol. The molecule has 1 amide bonds. The van der Waals surface area contributed by atoms with E-state index in [9.17, 15) is 9.18 Å². The highest BCUT2D eigenvalue weighted by Gasteiger charge is 2.39. The lowest BCUT2D eigenvalue weighted by Crippen LogP contribution is -2.42. The predicted octanol–water partition coefficient (Wildman–Crippen LogP) is 4.76. The van der Waals surface area contributed by atoms with Crippen LogP contribution in [0, 0.1) is 5.82 Å². The number of amides is 1. The highest BCUT2D eigenvalue weighted by atomic mass is 32.1. The molecule has 3 atom stereocenters. The van der Waals surface area contributed by atoms with Gasteiger partial charge in [0.2, 0.25) is 0 Å². The van der Waals surface area contributed by atoms with E-state index in [1.807, 2.05) is 48.5 Å². The van der Waals surface area contributed by atoms with Gasteiger partial charge in [0, 0.05) is 23.0 Å². The Hall–Kier alpha value is -2.70. The molecule has 0 aliphatic carbocycles. The van der Waals surface area contributed by atoms with Crippen LogP contribution >= 0.6 is 11.3 Å². The molecule has 2 aliphatic heterocycles. The zero-order valence-corrected chi connectivity index (χ0v) is 17.3. The second-order valence-electron chi connectivity index (χ2n) is 7.95. The fourth-order valence-electron chi connectivity index (χ4n) is 4.34. The Balaban J connectivity index is 1.24. The van der Waals surface area contributed by atoms with Gasteiger partial charge in [-0.15, -0.1) is 11.3 Å². The quantitative estimate of drug-likeness (QED) is 0.602. The smallest absolute Gasteiger partial charge is 0.261 e. The van der Waals surface area contributed by atoms with Crippen LogP contribution in [0.1, 0.15) is 34.5 Å². The number of fused-ring (bicyclic) bond motifs is 2. The van der Waals surface area contributed by atoms with Gasteiger partial charge >= 0.3 is 0 Å². The van der Waals surface area contributed by atoms with Crippen LogP contribution < -0.4 is 15.4 Å². The highest BCUT2D eigenvalue weighted by Crippen LogP contribution is 2.32. The summed E-state index contributed by atoms with van der Waals surface area (Å²) in [5.74, 6) is -0.231. The van der Waals surface area contributed by atoms with Gasteiger partial charge in [0.05, 0.1) is 4.88 Å². The molecule has 3 aromatic rings. The summed E-state index contributed by atoms with van der Waals surface area (Å²) in [6.45, 7) is 0.318. The first-order chi connectivity index (χ1) is 14.7. The number of hydrogen-bond acceptors (Lipinski definition) is 4. The number of benzene rings is 2. The lowest BCUT2D eigenvalue weighted by molar-refractivity contribution is 0.0935. The molecular weight excluding hydrogens is 399 g/mol. The van der Waals surface area contributed by atoms with Gasteiger partial charge in [-0.2, -0.15) is 0 Å². The number of carbonyl (C=O) groups is 1. The molecule has 1 aromatic heterocycles. The van der Waals surface area contributed by atoms with Crippen molar-refractivity contribution in [2.24, 2.45) is 0 Å². The van der Waals surface area contributed by atoms with E-state index in [-0.39, 0.29) is 17.7 Å². The molecule has 3 heterocycles. The minimum atomic E-state index is -0.407. The molecular formula is C24H23FN2O2S. The molecule has 2 saturated heterocycles. The molecule has 2 fully saturated rings. The van der Waals surface area contributed by atoms with Gasteiger partial charge in [-0.25, -0.2) is 4.39 Å². The Kier molecular flexibility index (Phi) is 5.27. The maximum absolute atomic E-state index is 14.6. The minimum Gasteiger partial charge on any atom is -0.486 e. The molecule has 0 radical (unpaired) electrons. The van der Waals surface area contributed by atoms with Gasteiger partial charge in [0.25, 0.3) is 5.91 Å². The third kappa shape index (κ3) is 3.98. The van der Waals surface area contributed by atoms with Gasteiger partial charge in [-0.05, 0) is 60.7 Å². The van der Waals surface area contributed by atoms with Crippen LogP contribution in [0.15, 0.2) is 60.7 Å². The van der Waals surface area contributed by atoms with E-state index in [0.29, 0.717) is 23.6 Å². The zero-order valence-electron chi connectivity index (χ0n) is 16.4. The minimum absolute atomic E-state index is 0.0473. The van der Waals surface area contributed by atoms with Crippen molar-refractivity contribution in [2.45, 2.75) is 44.0 Å².